The Kier molecular flexibility index (Phi) is 9.65. The number of hydrogen-bond acceptors (Lipinski definition) is 8. The maximum Gasteiger partial charge on any atom is 0.308 e. The van der Waals surface area contributed by atoms with Gasteiger partial charge >= 0.3 is 11.9 Å². The summed E-state index contributed by atoms with van der Waals surface area (Å²) in [5.74, 6) is 0.488. The Balaban J connectivity index is 1.98. The lowest BCUT2D eigenvalue weighted by atomic mass is 10.1. The summed E-state index contributed by atoms with van der Waals surface area (Å²) in [4.78, 5) is 22.3. The lowest BCUT2D eigenvalue weighted by Crippen LogP contribution is -2.13. The third-order valence-electron chi connectivity index (χ3n) is 4.39. The van der Waals surface area contributed by atoms with Gasteiger partial charge in [0.2, 0.25) is 0 Å². The Labute approximate surface area is 192 Å². The van der Waals surface area contributed by atoms with Crippen LogP contribution in [0.1, 0.15) is 31.4 Å². The molecule has 2 atom stereocenters. The summed E-state index contributed by atoms with van der Waals surface area (Å²) in [6.07, 6.45) is 4.75. The van der Waals surface area contributed by atoms with Crippen molar-refractivity contribution >= 4 is 24.1 Å². The van der Waals surface area contributed by atoms with Gasteiger partial charge in [0.1, 0.15) is 0 Å². The van der Waals surface area contributed by atoms with E-state index in [0.29, 0.717) is 23.0 Å². The summed E-state index contributed by atoms with van der Waals surface area (Å²) in [5.41, 5.74) is 1.46. The van der Waals surface area contributed by atoms with E-state index in [1.165, 1.54) is 28.1 Å². The van der Waals surface area contributed by atoms with Crippen molar-refractivity contribution in [3.8, 4) is 23.0 Å². The van der Waals surface area contributed by atoms with E-state index >= 15 is 0 Å². The number of esters is 2. The Hall–Kier alpha value is -3.62. The standard InChI is InChI=1S/C25H28O8/c1-16(26)32-22-11-7-18(13-24(22)30-3)5-9-20(28)15-21(29)10-6-19-8-12-23(33-17(2)27)25(14-19)31-4/h5-14,20-21,28-29H,15H2,1-4H3/b9-5+,10-6+. The summed E-state index contributed by atoms with van der Waals surface area (Å²) >= 11 is 0. The topological polar surface area (TPSA) is 112 Å². The smallest absolute Gasteiger partial charge is 0.308 e. The molecular formula is C25H28O8. The van der Waals surface area contributed by atoms with E-state index in [2.05, 4.69) is 0 Å². The van der Waals surface area contributed by atoms with E-state index in [1.807, 2.05) is 0 Å². The molecule has 176 valence electrons. The first-order chi connectivity index (χ1) is 15.7. The van der Waals surface area contributed by atoms with E-state index in [1.54, 1.807) is 60.7 Å². The Morgan fingerprint density at radius 1 is 0.758 bits per heavy atom. The van der Waals surface area contributed by atoms with Gasteiger partial charge in [-0.2, -0.15) is 0 Å². The Morgan fingerprint density at radius 3 is 1.48 bits per heavy atom. The predicted molar refractivity (Wildman–Crippen MR) is 123 cm³/mol. The molecule has 0 saturated heterocycles. The van der Waals surface area contributed by atoms with Crippen molar-refractivity contribution in [1.82, 2.24) is 0 Å². The van der Waals surface area contributed by atoms with Crippen LogP contribution in [0.5, 0.6) is 23.0 Å². The number of carbonyl (C=O) groups excluding carboxylic acids is 2. The Morgan fingerprint density at radius 2 is 1.15 bits per heavy atom. The molecule has 0 aliphatic carbocycles. The predicted octanol–water partition coefficient (Wildman–Crippen LogP) is 3.39. The van der Waals surface area contributed by atoms with Crippen LogP contribution < -0.4 is 18.9 Å². The van der Waals surface area contributed by atoms with Crippen LogP contribution in [0.4, 0.5) is 0 Å². The average Bonchev–Trinajstić information content (AvgIpc) is 2.76. The quantitative estimate of drug-likeness (QED) is 0.413. The molecule has 2 unspecified atom stereocenters. The van der Waals surface area contributed by atoms with Crippen LogP contribution in [0, 0.1) is 0 Å². The highest BCUT2D eigenvalue weighted by Gasteiger charge is 2.10. The first-order valence-electron chi connectivity index (χ1n) is 10.2. The highest BCUT2D eigenvalue weighted by molar-refractivity contribution is 5.71. The molecule has 8 nitrogen and oxygen atoms in total. The van der Waals surface area contributed by atoms with Crippen molar-refractivity contribution in [2.24, 2.45) is 0 Å². The van der Waals surface area contributed by atoms with Gasteiger partial charge in [-0.25, -0.2) is 0 Å². The highest BCUT2D eigenvalue weighted by Crippen LogP contribution is 2.30. The minimum absolute atomic E-state index is 0.0817. The zero-order chi connectivity index (χ0) is 24.4. The number of rotatable bonds is 10. The molecule has 2 aromatic rings. The fourth-order valence-corrected chi connectivity index (χ4v) is 2.90. The third kappa shape index (κ3) is 8.44. The van der Waals surface area contributed by atoms with Crippen LogP contribution in [-0.2, 0) is 9.59 Å². The molecule has 0 fully saturated rings. The van der Waals surface area contributed by atoms with Gasteiger partial charge in [-0.05, 0) is 35.4 Å². The molecule has 33 heavy (non-hydrogen) atoms. The van der Waals surface area contributed by atoms with E-state index in [9.17, 15) is 19.8 Å². The minimum atomic E-state index is -0.898. The summed E-state index contributed by atoms with van der Waals surface area (Å²) in [6, 6.07) is 9.98. The van der Waals surface area contributed by atoms with Gasteiger partial charge in [-0.1, -0.05) is 36.4 Å². The van der Waals surface area contributed by atoms with Crippen LogP contribution in [-0.4, -0.2) is 48.6 Å². The highest BCUT2D eigenvalue weighted by atomic mass is 16.6. The molecule has 2 aromatic carbocycles. The Bertz CT molecular complexity index is 944. The van der Waals surface area contributed by atoms with Crippen LogP contribution in [0.15, 0.2) is 48.6 Å². The molecule has 0 amide bonds. The lowest BCUT2D eigenvalue weighted by molar-refractivity contribution is -0.132. The van der Waals surface area contributed by atoms with Gasteiger partial charge in [-0.3, -0.25) is 9.59 Å². The lowest BCUT2D eigenvalue weighted by Gasteiger charge is -2.11. The molecule has 0 bridgehead atoms. The molecule has 0 radical (unpaired) electrons. The molecule has 0 aliphatic heterocycles. The molecule has 0 heterocycles. The molecular weight excluding hydrogens is 428 g/mol. The second-order valence-electron chi connectivity index (χ2n) is 7.10. The summed E-state index contributed by atoms with van der Waals surface area (Å²) in [6.45, 7) is 2.61. The van der Waals surface area contributed by atoms with Gasteiger partial charge in [0.25, 0.3) is 0 Å². The van der Waals surface area contributed by atoms with Gasteiger partial charge in [0.05, 0.1) is 26.4 Å². The van der Waals surface area contributed by atoms with Crippen molar-refractivity contribution in [3.63, 3.8) is 0 Å². The van der Waals surface area contributed by atoms with Gasteiger partial charge < -0.3 is 29.2 Å². The van der Waals surface area contributed by atoms with E-state index in [-0.39, 0.29) is 6.42 Å². The molecule has 0 aromatic heterocycles. The van der Waals surface area contributed by atoms with E-state index < -0.39 is 24.1 Å². The second-order valence-corrected chi connectivity index (χ2v) is 7.10. The van der Waals surface area contributed by atoms with E-state index in [0.717, 1.165) is 11.1 Å². The number of methoxy groups -OCH3 is 2. The summed E-state index contributed by atoms with van der Waals surface area (Å²) in [5, 5.41) is 20.5. The SMILES string of the molecule is COc1cc(/C=C/C(O)CC(O)/C=C/c2ccc(OC(C)=O)c(OC)c2)ccc1OC(C)=O. The number of aliphatic hydroxyl groups is 2. The van der Waals surface area contributed by atoms with Gasteiger partial charge in [0, 0.05) is 20.3 Å². The van der Waals surface area contributed by atoms with Crippen molar-refractivity contribution in [1.29, 1.82) is 0 Å². The number of carbonyl (C=O) groups is 2. The fraction of sp³-hybridized carbons (Fsp3) is 0.280. The molecule has 0 aliphatic rings. The van der Waals surface area contributed by atoms with Crippen LogP contribution in [0.3, 0.4) is 0 Å². The largest absolute Gasteiger partial charge is 0.493 e. The molecule has 0 saturated carbocycles. The molecule has 8 heteroatoms. The van der Waals surface area contributed by atoms with Crippen LogP contribution in [0.25, 0.3) is 12.2 Å². The van der Waals surface area contributed by atoms with Gasteiger partial charge in [0.15, 0.2) is 23.0 Å². The fourth-order valence-electron chi connectivity index (χ4n) is 2.90. The summed E-state index contributed by atoms with van der Waals surface area (Å²) in [7, 11) is 2.93. The van der Waals surface area contributed by atoms with Crippen LogP contribution in [0.2, 0.25) is 0 Å². The normalized spacial score (nSPS) is 13.0. The summed E-state index contributed by atoms with van der Waals surface area (Å²) < 4.78 is 20.6. The number of hydrogen-bond donors (Lipinski definition) is 2. The zero-order valence-corrected chi connectivity index (χ0v) is 19.0. The van der Waals surface area contributed by atoms with Gasteiger partial charge in [-0.15, -0.1) is 0 Å². The van der Waals surface area contributed by atoms with Crippen molar-refractivity contribution in [2.45, 2.75) is 32.5 Å². The maximum absolute atomic E-state index is 11.1. The van der Waals surface area contributed by atoms with Crippen molar-refractivity contribution in [3.05, 3.63) is 59.7 Å². The minimum Gasteiger partial charge on any atom is -0.493 e. The molecule has 2 rings (SSSR count). The zero-order valence-electron chi connectivity index (χ0n) is 19.0. The molecule has 2 N–H and O–H groups in total. The third-order valence-corrected chi connectivity index (χ3v) is 4.39. The first kappa shape index (κ1) is 25.6. The molecule has 0 spiro atoms. The van der Waals surface area contributed by atoms with Crippen molar-refractivity contribution in [2.75, 3.05) is 14.2 Å². The monoisotopic (exact) mass is 456 g/mol. The van der Waals surface area contributed by atoms with E-state index in [4.69, 9.17) is 18.9 Å². The van der Waals surface area contributed by atoms with Crippen molar-refractivity contribution < 1.29 is 38.7 Å². The maximum atomic E-state index is 11.1. The first-order valence-corrected chi connectivity index (χ1v) is 10.2. The number of ether oxygens (including phenoxy) is 4. The van der Waals surface area contributed by atoms with Crippen LogP contribution >= 0.6 is 0 Å². The second kappa shape index (κ2) is 12.4. The average molecular weight is 456 g/mol. The number of aliphatic hydroxyl groups excluding tert-OH is 2. The number of benzene rings is 2.